The molecule has 0 spiro atoms. The first-order valence-corrected chi connectivity index (χ1v) is 8.09. The van der Waals surface area contributed by atoms with Gasteiger partial charge in [-0.05, 0) is 48.0 Å². The van der Waals surface area contributed by atoms with E-state index in [0.29, 0.717) is 33.3 Å². The van der Waals surface area contributed by atoms with Crippen LogP contribution in [0.5, 0.6) is 11.5 Å². The molecule has 2 amide bonds. The van der Waals surface area contributed by atoms with Gasteiger partial charge < -0.3 is 20.1 Å². The summed E-state index contributed by atoms with van der Waals surface area (Å²) in [6, 6.07) is 9.96. The van der Waals surface area contributed by atoms with E-state index in [1.165, 1.54) is 20.3 Å². The molecule has 2 aromatic carbocycles. The lowest BCUT2D eigenvalue weighted by Gasteiger charge is -2.10. The number of rotatable bonds is 6. The minimum Gasteiger partial charge on any atom is -0.493 e. The van der Waals surface area contributed by atoms with Crippen LogP contribution in [0.25, 0.3) is 6.08 Å². The Kier molecular flexibility index (Phi) is 6.63. The van der Waals surface area contributed by atoms with Gasteiger partial charge in [0, 0.05) is 24.4 Å². The number of nitrogens with one attached hydrogen (secondary N) is 2. The van der Waals surface area contributed by atoms with Gasteiger partial charge in [0.2, 0.25) is 5.91 Å². The van der Waals surface area contributed by atoms with E-state index in [2.05, 4.69) is 10.6 Å². The molecule has 136 valence electrons. The fourth-order valence-corrected chi connectivity index (χ4v) is 2.54. The first-order chi connectivity index (χ1) is 12.5. The Labute approximate surface area is 156 Å². The van der Waals surface area contributed by atoms with E-state index in [9.17, 15) is 9.59 Å². The first kappa shape index (κ1) is 19.3. The number of hydrogen-bond donors (Lipinski definition) is 2. The Bertz CT molecular complexity index is 832. The van der Waals surface area contributed by atoms with Crippen molar-refractivity contribution in [2.45, 2.75) is 0 Å². The molecule has 0 unspecified atom stereocenters. The molecule has 0 radical (unpaired) electrons. The fourth-order valence-electron chi connectivity index (χ4n) is 2.24. The summed E-state index contributed by atoms with van der Waals surface area (Å²) in [6.45, 7) is 0. The zero-order valence-corrected chi connectivity index (χ0v) is 15.4. The van der Waals surface area contributed by atoms with Crippen LogP contribution in [-0.4, -0.2) is 33.1 Å². The number of carbonyl (C=O) groups is 2. The molecule has 0 fully saturated rings. The van der Waals surface area contributed by atoms with Gasteiger partial charge in [-0.1, -0.05) is 11.6 Å². The van der Waals surface area contributed by atoms with Crippen LogP contribution in [0.3, 0.4) is 0 Å². The highest BCUT2D eigenvalue weighted by Gasteiger charge is 2.10. The van der Waals surface area contributed by atoms with Gasteiger partial charge in [0.05, 0.1) is 19.2 Å². The number of methoxy groups -OCH3 is 2. The smallest absolute Gasteiger partial charge is 0.251 e. The van der Waals surface area contributed by atoms with Crippen LogP contribution >= 0.6 is 11.6 Å². The van der Waals surface area contributed by atoms with Crippen molar-refractivity contribution in [1.29, 1.82) is 0 Å². The summed E-state index contributed by atoms with van der Waals surface area (Å²) in [5, 5.41) is 5.64. The highest BCUT2D eigenvalue weighted by molar-refractivity contribution is 6.32. The predicted molar refractivity (Wildman–Crippen MR) is 102 cm³/mol. The maximum absolute atomic E-state index is 12.1. The molecule has 2 N–H and O–H groups in total. The normalized spacial score (nSPS) is 10.5. The van der Waals surface area contributed by atoms with Gasteiger partial charge in [-0.2, -0.15) is 0 Å². The van der Waals surface area contributed by atoms with Gasteiger partial charge in [0.15, 0.2) is 11.5 Å². The second-order valence-corrected chi connectivity index (χ2v) is 5.62. The van der Waals surface area contributed by atoms with Crippen LogP contribution in [0.2, 0.25) is 5.02 Å². The molecule has 7 heteroatoms. The lowest BCUT2D eigenvalue weighted by atomic mass is 10.1. The summed E-state index contributed by atoms with van der Waals surface area (Å²) in [5.41, 5.74) is 1.79. The van der Waals surface area contributed by atoms with E-state index in [1.54, 1.807) is 49.5 Å². The summed E-state index contributed by atoms with van der Waals surface area (Å²) < 4.78 is 10.4. The van der Waals surface area contributed by atoms with Crippen molar-refractivity contribution in [3.8, 4) is 11.5 Å². The highest BCUT2D eigenvalue weighted by Crippen LogP contribution is 2.36. The van der Waals surface area contributed by atoms with Crippen LogP contribution < -0.4 is 20.1 Å². The van der Waals surface area contributed by atoms with Crippen molar-refractivity contribution in [2.24, 2.45) is 0 Å². The summed E-state index contributed by atoms with van der Waals surface area (Å²) in [4.78, 5) is 23.5. The molecule has 0 aliphatic rings. The van der Waals surface area contributed by atoms with Crippen molar-refractivity contribution in [1.82, 2.24) is 5.32 Å². The Morgan fingerprint density at radius 3 is 2.35 bits per heavy atom. The van der Waals surface area contributed by atoms with Gasteiger partial charge in [-0.15, -0.1) is 0 Å². The summed E-state index contributed by atoms with van der Waals surface area (Å²) in [5.74, 6) is 0.411. The molecule has 6 nitrogen and oxygen atoms in total. The minimum atomic E-state index is -0.316. The summed E-state index contributed by atoms with van der Waals surface area (Å²) in [6.07, 6.45) is 2.99. The van der Waals surface area contributed by atoms with Crippen molar-refractivity contribution in [3.63, 3.8) is 0 Å². The molecule has 2 rings (SSSR count). The highest BCUT2D eigenvalue weighted by atomic mass is 35.5. The molecule has 26 heavy (non-hydrogen) atoms. The second kappa shape index (κ2) is 8.92. The number of halogens is 1. The molecule has 2 aromatic rings. The topological polar surface area (TPSA) is 76.7 Å². The molecule has 0 saturated heterocycles. The zero-order valence-electron chi connectivity index (χ0n) is 14.6. The van der Waals surface area contributed by atoms with Crippen LogP contribution in [0, 0.1) is 0 Å². The number of benzene rings is 2. The van der Waals surface area contributed by atoms with Gasteiger partial charge in [0.25, 0.3) is 5.91 Å². The monoisotopic (exact) mass is 374 g/mol. The minimum absolute atomic E-state index is 0.187. The molecular weight excluding hydrogens is 356 g/mol. The molecule has 0 bridgehead atoms. The SMILES string of the molecule is CNC(=O)c1ccc(NC(=O)/C=C/c2cc(Cl)c(OC)c(OC)c2)cc1. The average molecular weight is 375 g/mol. The van der Waals surface area contributed by atoms with Gasteiger partial charge in [-0.25, -0.2) is 0 Å². The maximum Gasteiger partial charge on any atom is 0.251 e. The van der Waals surface area contributed by atoms with Crippen LogP contribution in [0.4, 0.5) is 5.69 Å². The lowest BCUT2D eigenvalue weighted by molar-refractivity contribution is -0.111. The zero-order chi connectivity index (χ0) is 19.1. The third-order valence-electron chi connectivity index (χ3n) is 3.52. The average Bonchev–Trinajstić information content (AvgIpc) is 2.65. The van der Waals surface area contributed by atoms with E-state index in [1.807, 2.05) is 0 Å². The Morgan fingerprint density at radius 2 is 1.77 bits per heavy atom. The Hall–Kier alpha value is -2.99. The third kappa shape index (κ3) is 4.77. The van der Waals surface area contributed by atoms with Gasteiger partial charge in [-0.3, -0.25) is 9.59 Å². The van der Waals surface area contributed by atoms with E-state index in [0.717, 1.165) is 0 Å². The lowest BCUT2D eigenvalue weighted by Crippen LogP contribution is -2.17. The molecular formula is C19H19ClN2O4. The molecule has 0 atom stereocenters. The Balaban J connectivity index is 2.07. The molecule has 0 heterocycles. The van der Waals surface area contributed by atoms with E-state index < -0.39 is 0 Å². The summed E-state index contributed by atoms with van der Waals surface area (Å²) >= 11 is 6.14. The van der Waals surface area contributed by atoms with E-state index >= 15 is 0 Å². The standard InChI is InChI=1S/C19H19ClN2O4/c1-21-19(24)13-5-7-14(8-6-13)22-17(23)9-4-12-10-15(20)18(26-3)16(11-12)25-2/h4-11H,1-3H3,(H,21,24)(H,22,23)/b9-4+. The maximum atomic E-state index is 12.1. The van der Waals surface area contributed by atoms with Gasteiger partial charge in [0.1, 0.15) is 0 Å². The van der Waals surface area contributed by atoms with Crippen molar-refractivity contribution >= 4 is 35.2 Å². The molecule has 0 saturated carbocycles. The van der Waals surface area contributed by atoms with Crippen LogP contribution in [0.1, 0.15) is 15.9 Å². The Morgan fingerprint density at radius 1 is 1.08 bits per heavy atom. The second-order valence-electron chi connectivity index (χ2n) is 5.22. The van der Waals surface area contributed by atoms with E-state index in [4.69, 9.17) is 21.1 Å². The van der Waals surface area contributed by atoms with Crippen molar-refractivity contribution < 1.29 is 19.1 Å². The first-order valence-electron chi connectivity index (χ1n) is 7.71. The van der Waals surface area contributed by atoms with E-state index in [-0.39, 0.29) is 11.8 Å². The summed E-state index contributed by atoms with van der Waals surface area (Å²) in [7, 11) is 4.57. The molecule has 0 aliphatic carbocycles. The number of anilines is 1. The predicted octanol–water partition coefficient (Wildman–Crippen LogP) is 3.37. The van der Waals surface area contributed by atoms with Gasteiger partial charge >= 0.3 is 0 Å². The number of carbonyl (C=O) groups excluding carboxylic acids is 2. The van der Waals surface area contributed by atoms with Crippen LogP contribution in [-0.2, 0) is 4.79 Å². The number of ether oxygens (including phenoxy) is 2. The number of amides is 2. The fraction of sp³-hybridized carbons (Fsp3) is 0.158. The largest absolute Gasteiger partial charge is 0.493 e. The van der Waals surface area contributed by atoms with Crippen molar-refractivity contribution in [3.05, 3.63) is 58.6 Å². The molecule has 0 aromatic heterocycles. The quantitative estimate of drug-likeness (QED) is 0.760. The van der Waals surface area contributed by atoms with Crippen molar-refractivity contribution in [2.75, 3.05) is 26.6 Å². The number of hydrogen-bond acceptors (Lipinski definition) is 4. The third-order valence-corrected chi connectivity index (χ3v) is 3.81. The molecule has 0 aliphatic heterocycles. The van der Waals surface area contributed by atoms with Crippen LogP contribution in [0.15, 0.2) is 42.5 Å².